The number of alkyl halides is 2. The first-order valence-corrected chi connectivity index (χ1v) is 7.51. The van der Waals surface area contributed by atoms with Crippen molar-refractivity contribution in [2.24, 2.45) is 5.14 Å². The van der Waals surface area contributed by atoms with E-state index >= 15 is 0 Å². The van der Waals surface area contributed by atoms with Crippen LogP contribution >= 0.6 is 12.4 Å². The Morgan fingerprint density at radius 3 is 2.41 bits per heavy atom. The number of ether oxygens (including phenoxy) is 1. The molecule has 0 radical (unpaired) electrons. The number of halogens is 3. The van der Waals surface area contributed by atoms with Crippen molar-refractivity contribution in [2.75, 3.05) is 0 Å². The molecule has 0 spiro atoms. The fraction of sp³-hybridized carbons (Fsp3) is 0.143. The van der Waals surface area contributed by atoms with Gasteiger partial charge in [0.25, 0.3) is 0 Å². The van der Waals surface area contributed by atoms with Gasteiger partial charge in [-0.15, -0.1) is 12.4 Å². The van der Waals surface area contributed by atoms with Crippen molar-refractivity contribution in [1.29, 1.82) is 0 Å². The minimum Gasteiger partial charge on any atom is -0.435 e. The Morgan fingerprint density at radius 2 is 1.82 bits per heavy atom. The van der Waals surface area contributed by atoms with Crippen molar-refractivity contribution in [2.45, 2.75) is 18.4 Å². The predicted molar refractivity (Wildman–Crippen MR) is 81.9 cm³/mol. The molecule has 2 N–H and O–H groups in total. The third kappa shape index (κ3) is 4.40. The van der Waals surface area contributed by atoms with E-state index in [1.54, 1.807) is 25.1 Å². The van der Waals surface area contributed by atoms with Crippen LogP contribution in [0, 0.1) is 6.92 Å². The lowest BCUT2D eigenvalue weighted by atomic mass is 10.0. The Kier molecular flexibility index (Phi) is 5.87. The molecular formula is C14H14ClF2NO3S. The summed E-state index contributed by atoms with van der Waals surface area (Å²) in [6.45, 7) is -1.16. The van der Waals surface area contributed by atoms with E-state index in [0.717, 1.165) is 5.56 Å². The summed E-state index contributed by atoms with van der Waals surface area (Å²) >= 11 is 0. The van der Waals surface area contributed by atoms with Crippen LogP contribution < -0.4 is 9.88 Å². The van der Waals surface area contributed by atoms with Gasteiger partial charge in [0, 0.05) is 5.56 Å². The Hall–Kier alpha value is -1.70. The molecule has 0 atom stereocenters. The van der Waals surface area contributed by atoms with Gasteiger partial charge in [-0.05, 0) is 30.7 Å². The normalized spacial score (nSPS) is 11.1. The maximum Gasteiger partial charge on any atom is 0.387 e. The highest BCUT2D eigenvalue weighted by Gasteiger charge is 2.16. The van der Waals surface area contributed by atoms with E-state index in [2.05, 4.69) is 4.74 Å². The van der Waals surface area contributed by atoms with E-state index in [1.807, 2.05) is 0 Å². The van der Waals surface area contributed by atoms with E-state index in [1.165, 1.54) is 24.3 Å². The van der Waals surface area contributed by atoms with Gasteiger partial charge in [-0.25, -0.2) is 13.6 Å². The third-order valence-electron chi connectivity index (χ3n) is 2.81. The first-order chi connectivity index (χ1) is 9.77. The lowest BCUT2D eigenvalue weighted by molar-refractivity contribution is -0.0498. The Labute approximate surface area is 133 Å². The van der Waals surface area contributed by atoms with Gasteiger partial charge in [0.05, 0.1) is 4.90 Å². The molecule has 0 aliphatic rings. The minimum atomic E-state index is -3.92. The molecule has 0 fully saturated rings. The van der Waals surface area contributed by atoms with Crippen LogP contribution in [-0.4, -0.2) is 15.0 Å². The van der Waals surface area contributed by atoms with Crippen molar-refractivity contribution >= 4 is 22.4 Å². The number of aryl methyl sites for hydroxylation is 1. The molecule has 0 heterocycles. The van der Waals surface area contributed by atoms with Gasteiger partial charge in [-0.2, -0.15) is 8.78 Å². The number of sulfonamides is 1. The van der Waals surface area contributed by atoms with Crippen molar-refractivity contribution in [3.05, 3.63) is 48.0 Å². The summed E-state index contributed by atoms with van der Waals surface area (Å²) < 4.78 is 52.1. The van der Waals surface area contributed by atoms with Crippen LogP contribution in [0.25, 0.3) is 11.1 Å². The molecule has 22 heavy (non-hydrogen) atoms. The summed E-state index contributed by atoms with van der Waals surface area (Å²) in [6.07, 6.45) is 0. The number of hydrogen-bond acceptors (Lipinski definition) is 3. The molecule has 0 amide bonds. The Morgan fingerprint density at radius 1 is 1.14 bits per heavy atom. The molecule has 2 aromatic rings. The first-order valence-electron chi connectivity index (χ1n) is 5.96. The lowest BCUT2D eigenvalue weighted by Crippen LogP contribution is -2.13. The summed E-state index contributed by atoms with van der Waals surface area (Å²) in [4.78, 5) is -0.0673. The highest BCUT2D eigenvalue weighted by molar-refractivity contribution is 7.89. The molecule has 0 aliphatic carbocycles. The Balaban J connectivity index is 0.00000242. The number of hydrogen-bond donors (Lipinski definition) is 1. The SMILES string of the molecule is Cc1ccc(S(N)(=O)=O)c(-c2cccc(OC(F)F)c2)c1.Cl. The maximum absolute atomic E-state index is 12.2. The highest BCUT2D eigenvalue weighted by Crippen LogP contribution is 2.30. The van der Waals surface area contributed by atoms with E-state index in [9.17, 15) is 17.2 Å². The molecule has 2 aromatic carbocycles. The summed E-state index contributed by atoms with van der Waals surface area (Å²) in [7, 11) is -3.92. The van der Waals surface area contributed by atoms with Crippen molar-refractivity contribution in [1.82, 2.24) is 0 Å². The van der Waals surface area contributed by atoms with Crippen LogP contribution in [0.3, 0.4) is 0 Å². The second-order valence-corrected chi connectivity index (χ2v) is 5.98. The van der Waals surface area contributed by atoms with Gasteiger partial charge >= 0.3 is 6.61 Å². The highest BCUT2D eigenvalue weighted by atomic mass is 35.5. The zero-order valence-electron chi connectivity index (χ0n) is 11.5. The van der Waals surface area contributed by atoms with Crippen molar-refractivity contribution in [3.63, 3.8) is 0 Å². The molecule has 0 aromatic heterocycles. The van der Waals surface area contributed by atoms with E-state index in [-0.39, 0.29) is 23.1 Å². The fourth-order valence-corrected chi connectivity index (χ4v) is 2.70. The summed E-state index contributed by atoms with van der Waals surface area (Å²) in [5, 5.41) is 5.18. The molecule has 0 unspecified atom stereocenters. The third-order valence-corrected chi connectivity index (χ3v) is 3.78. The first kappa shape index (κ1) is 18.3. The lowest BCUT2D eigenvalue weighted by Gasteiger charge is -2.11. The van der Waals surface area contributed by atoms with Gasteiger partial charge < -0.3 is 4.74 Å². The van der Waals surface area contributed by atoms with Crippen LogP contribution in [0.4, 0.5) is 8.78 Å². The van der Waals surface area contributed by atoms with Gasteiger partial charge in [0.1, 0.15) is 5.75 Å². The number of rotatable bonds is 4. The maximum atomic E-state index is 12.2. The number of primary sulfonamides is 1. The molecule has 8 heteroatoms. The zero-order valence-corrected chi connectivity index (χ0v) is 13.1. The van der Waals surface area contributed by atoms with E-state index < -0.39 is 16.6 Å². The predicted octanol–water partition coefficient (Wildman–Crippen LogP) is 3.33. The number of benzene rings is 2. The average Bonchev–Trinajstić information content (AvgIpc) is 2.36. The van der Waals surface area contributed by atoms with Crippen LogP contribution in [0.5, 0.6) is 5.75 Å². The molecule has 2 rings (SSSR count). The van der Waals surface area contributed by atoms with Gasteiger partial charge in [-0.1, -0.05) is 29.8 Å². The smallest absolute Gasteiger partial charge is 0.387 e. The van der Waals surface area contributed by atoms with Crippen LogP contribution in [0.2, 0.25) is 0 Å². The largest absolute Gasteiger partial charge is 0.435 e. The molecule has 4 nitrogen and oxygen atoms in total. The Bertz CT molecular complexity index is 766. The second kappa shape index (κ2) is 7.04. The van der Waals surface area contributed by atoms with Gasteiger partial charge in [0.2, 0.25) is 10.0 Å². The van der Waals surface area contributed by atoms with Crippen molar-refractivity contribution < 1.29 is 21.9 Å². The topological polar surface area (TPSA) is 69.4 Å². The van der Waals surface area contributed by atoms with Gasteiger partial charge in [0.15, 0.2) is 0 Å². The number of nitrogens with two attached hydrogens (primary N) is 1. The van der Waals surface area contributed by atoms with Crippen LogP contribution in [0.1, 0.15) is 5.56 Å². The molecule has 120 valence electrons. The fourth-order valence-electron chi connectivity index (χ4n) is 1.96. The van der Waals surface area contributed by atoms with Crippen molar-refractivity contribution in [3.8, 4) is 16.9 Å². The van der Waals surface area contributed by atoms with E-state index in [4.69, 9.17) is 5.14 Å². The summed E-state index contributed by atoms with van der Waals surface area (Å²) in [6, 6.07) is 10.4. The van der Waals surface area contributed by atoms with E-state index in [0.29, 0.717) is 11.1 Å². The van der Waals surface area contributed by atoms with Gasteiger partial charge in [-0.3, -0.25) is 0 Å². The molecule has 0 saturated heterocycles. The minimum absolute atomic E-state index is 0. The molecule has 0 aliphatic heterocycles. The summed E-state index contributed by atoms with van der Waals surface area (Å²) in [5.41, 5.74) is 1.59. The zero-order chi connectivity index (χ0) is 15.6. The standard InChI is InChI=1S/C14H13F2NO3S.ClH/c1-9-5-6-13(21(17,18)19)12(7-9)10-3-2-4-11(8-10)20-14(15)16;/h2-8,14H,1H3,(H2,17,18,19);1H. The second-order valence-electron chi connectivity index (χ2n) is 4.45. The molecule has 0 bridgehead atoms. The molecular weight excluding hydrogens is 336 g/mol. The summed E-state index contributed by atoms with van der Waals surface area (Å²) in [5.74, 6) is -0.0515. The average molecular weight is 350 g/mol. The van der Waals surface area contributed by atoms with Crippen LogP contribution in [0.15, 0.2) is 47.4 Å². The quantitative estimate of drug-likeness (QED) is 0.920. The molecule has 0 saturated carbocycles. The monoisotopic (exact) mass is 349 g/mol. The van der Waals surface area contributed by atoms with Crippen LogP contribution in [-0.2, 0) is 10.0 Å².